The standard InChI is InChI=1S/C54H100O12S/c1-3-5-7-9-11-13-15-17-19-21-23-25-27-29-31-33-35-37-39-41-43-50(56)65-47(45-64-54-53(59)52(58)51(57)48(66-54)46-67(60,61)62)44-63-49(55)42-40-38-36-34-32-30-28-26-24-22-20-18-16-14-12-10-8-6-4-2/h12,14,18,20,47-48,51-54,57-59H,3-11,13,15-17,19,21-46H2,1-2H3,(H,60,61,62)/b14-12+,20-18+/t47-,48-,51-,52?,53?,54+/m1/s1. The van der Waals surface area contributed by atoms with Gasteiger partial charge in [0, 0.05) is 12.8 Å². The number of hydrogen-bond acceptors (Lipinski definition) is 11. The zero-order valence-electron chi connectivity index (χ0n) is 42.5. The Labute approximate surface area is 408 Å². The molecule has 6 atom stereocenters. The van der Waals surface area contributed by atoms with E-state index in [1.807, 2.05) is 0 Å². The van der Waals surface area contributed by atoms with Crippen LogP contribution in [0.5, 0.6) is 0 Å². The molecule has 0 bridgehead atoms. The Kier molecular flexibility index (Phi) is 41.6. The molecule has 12 nitrogen and oxygen atoms in total. The monoisotopic (exact) mass is 973 g/mol. The van der Waals surface area contributed by atoms with Crippen LogP contribution in [0.2, 0.25) is 0 Å². The molecule has 1 aliphatic heterocycles. The summed E-state index contributed by atoms with van der Waals surface area (Å²) in [6, 6.07) is 0. The van der Waals surface area contributed by atoms with Crippen LogP contribution in [-0.4, -0.2) is 96.0 Å². The highest BCUT2D eigenvalue weighted by molar-refractivity contribution is 7.85. The first-order valence-corrected chi connectivity index (χ1v) is 29.0. The third kappa shape index (κ3) is 38.6. The molecule has 0 aromatic heterocycles. The van der Waals surface area contributed by atoms with Crippen molar-refractivity contribution in [2.75, 3.05) is 19.0 Å². The van der Waals surface area contributed by atoms with Crippen LogP contribution >= 0.6 is 0 Å². The molecule has 1 saturated heterocycles. The Morgan fingerprint density at radius 1 is 0.507 bits per heavy atom. The Morgan fingerprint density at radius 3 is 1.34 bits per heavy atom. The van der Waals surface area contributed by atoms with Crippen LogP contribution in [0.1, 0.15) is 251 Å². The summed E-state index contributed by atoms with van der Waals surface area (Å²) in [5, 5.41) is 31.0. The lowest BCUT2D eigenvalue weighted by Gasteiger charge is -2.40. The SMILES string of the molecule is CCCCC/C=C/C/C=C/CCCCCCCCCCCC(=O)OC[C@H](CO[C@H]1O[C@H](CS(=O)(=O)O)[C@@H](O)C(O)C1O)OC(=O)CCCCCCCCCCCCCCCCCCCCCC. The van der Waals surface area contributed by atoms with Gasteiger partial charge in [-0.05, 0) is 44.9 Å². The zero-order valence-corrected chi connectivity index (χ0v) is 43.3. The lowest BCUT2D eigenvalue weighted by molar-refractivity contribution is -0.297. The molecule has 1 heterocycles. The van der Waals surface area contributed by atoms with Gasteiger partial charge in [-0.3, -0.25) is 14.1 Å². The average Bonchev–Trinajstić information content (AvgIpc) is 3.30. The Morgan fingerprint density at radius 2 is 0.896 bits per heavy atom. The van der Waals surface area contributed by atoms with Crippen LogP contribution in [0.25, 0.3) is 0 Å². The van der Waals surface area contributed by atoms with Crippen molar-refractivity contribution >= 4 is 22.1 Å². The Hall–Kier alpha value is -1.87. The highest BCUT2D eigenvalue weighted by Gasteiger charge is 2.46. The molecule has 1 rings (SSSR count). The van der Waals surface area contributed by atoms with E-state index in [0.29, 0.717) is 12.8 Å². The number of ether oxygens (including phenoxy) is 4. The van der Waals surface area contributed by atoms with Crippen LogP contribution in [0.15, 0.2) is 24.3 Å². The van der Waals surface area contributed by atoms with Gasteiger partial charge in [0.15, 0.2) is 12.4 Å². The van der Waals surface area contributed by atoms with Gasteiger partial charge in [-0.25, -0.2) is 0 Å². The minimum atomic E-state index is -4.60. The predicted octanol–water partition coefficient (Wildman–Crippen LogP) is 12.7. The second kappa shape index (κ2) is 44.1. The number of rotatable bonds is 47. The zero-order chi connectivity index (χ0) is 49.1. The molecule has 0 spiro atoms. The summed E-state index contributed by atoms with van der Waals surface area (Å²) >= 11 is 0. The molecule has 394 valence electrons. The summed E-state index contributed by atoms with van der Waals surface area (Å²) in [5.41, 5.74) is 0. The number of unbranched alkanes of at least 4 members (excludes halogenated alkanes) is 31. The van der Waals surface area contributed by atoms with Crippen LogP contribution in [0.4, 0.5) is 0 Å². The van der Waals surface area contributed by atoms with Gasteiger partial charge in [-0.15, -0.1) is 0 Å². The molecule has 0 saturated carbocycles. The molecule has 67 heavy (non-hydrogen) atoms. The van der Waals surface area contributed by atoms with Crippen LogP contribution in [0.3, 0.4) is 0 Å². The average molecular weight is 973 g/mol. The molecular weight excluding hydrogens is 873 g/mol. The van der Waals surface area contributed by atoms with Crippen molar-refractivity contribution in [2.24, 2.45) is 0 Å². The molecule has 13 heteroatoms. The highest BCUT2D eigenvalue weighted by atomic mass is 32.2. The van der Waals surface area contributed by atoms with Gasteiger partial charge in [0.1, 0.15) is 36.8 Å². The molecule has 0 aliphatic carbocycles. The van der Waals surface area contributed by atoms with Gasteiger partial charge >= 0.3 is 11.9 Å². The van der Waals surface area contributed by atoms with Crippen molar-refractivity contribution in [1.29, 1.82) is 0 Å². The predicted molar refractivity (Wildman–Crippen MR) is 270 cm³/mol. The van der Waals surface area contributed by atoms with Gasteiger partial charge < -0.3 is 34.3 Å². The number of esters is 2. The van der Waals surface area contributed by atoms with Crippen LogP contribution in [-0.2, 0) is 38.7 Å². The number of aliphatic hydroxyl groups is 3. The summed E-state index contributed by atoms with van der Waals surface area (Å²) in [6.07, 6.45) is 42.1. The second-order valence-corrected chi connectivity index (χ2v) is 20.8. The number of carbonyl (C=O) groups is 2. The minimum Gasteiger partial charge on any atom is -0.462 e. The van der Waals surface area contributed by atoms with E-state index in [2.05, 4.69) is 38.2 Å². The van der Waals surface area contributed by atoms with Crippen LogP contribution in [0, 0.1) is 0 Å². The summed E-state index contributed by atoms with van der Waals surface area (Å²) in [7, 11) is -4.60. The fraction of sp³-hybridized carbons (Fsp3) is 0.889. The van der Waals surface area contributed by atoms with E-state index in [9.17, 15) is 37.9 Å². The highest BCUT2D eigenvalue weighted by Crippen LogP contribution is 2.24. The van der Waals surface area contributed by atoms with E-state index >= 15 is 0 Å². The number of aliphatic hydroxyl groups excluding tert-OH is 3. The number of hydrogen-bond donors (Lipinski definition) is 4. The van der Waals surface area contributed by atoms with E-state index in [1.165, 1.54) is 161 Å². The van der Waals surface area contributed by atoms with E-state index < -0.39 is 71.2 Å². The maximum absolute atomic E-state index is 12.9. The van der Waals surface area contributed by atoms with Gasteiger partial charge in [-0.1, -0.05) is 218 Å². The molecule has 1 aliphatic rings. The van der Waals surface area contributed by atoms with Crippen molar-refractivity contribution in [3.8, 4) is 0 Å². The van der Waals surface area contributed by atoms with E-state index in [1.54, 1.807) is 0 Å². The normalized spacial score (nSPS) is 19.4. The van der Waals surface area contributed by atoms with Crippen molar-refractivity contribution in [1.82, 2.24) is 0 Å². The van der Waals surface area contributed by atoms with E-state index in [4.69, 9.17) is 18.9 Å². The van der Waals surface area contributed by atoms with Gasteiger partial charge in [-0.2, -0.15) is 8.42 Å². The summed E-state index contributed by atoms with van der Waals surface area (Å²) in [5.74, 6) is -1.97. The summed E-state index contributed by atoms with van der Waals surface area (Å²) in [4.78, 5) is 25.6. The maximum Gasteiger partial charge on any atom is 0.306 e. The lowest BCUT2D eigenvalue weighted by Crippen LogP contribution is -2.60. The fourth-order valence-corrected chi connectivity index (χ4v) is 9.22. The van der Waals surface area contributed by atoms with Crippen LogP contribution < -0.4 is 0 Å². The fourth-order valence-electron chi connectivity index (χ4n) is 8.53. The van der Waals surface area contributed by atoms with E-state index in [-0.39, 0.29) is 19.4 Å². The van der Waals surface area contributed by atoms with Crippen molar-refractivity contribution in [3.05, 3.63) is 24.3 Å². The van der Waals surface area contributed by atoms with Gasteiger partial charge in [0.2, 0.25) is 0 Å². The lowest BCUT2D eigenvalue weighted by atomic mass is 10.00. The minimum absolute atomic E-state index is 0.169. The molecule has 0 radical (unpaired) electrons. The van der Waals surface area contributed by atoms with Crippen molar-refractivity contribution in [2.45, 2.75) is 288 Å². The molecule has 2 unspecified atom stereocenters. The summed E-state index contributed by atoms with van der Waals surface area (Å²) < 4.78 is 54.3. The Balaban J connectivity index is 2.33. The largest absolute Gasteiger partial charge is 0.462 e. The summed E-state index contributed by atoms with van der Waals surface area (Å²) in [6.45, 7) is 3.78. The van der Waals surface area contributed by atoms with Gasteiger partial charge in [0.25, 0.3) is 10.1 Å². The molecule has 0 amide bonds. The first kappa shape index (κ1) is 63.1. The van der Waals surface area contributed by atoms with Gasteiger partial charge in [0.05, 0.1) is 6.61 Å². The Bertz CT molecular complexity index is 1320. The first-order valence-electron chi connectivity index (χ1n) is 27.4. The number of carbonyl (C=O) groups excluding carboxylic acids is 2. The third-order valence-electron chi connectivity index (χ3n) is 12.8. The van der Waals surface area contributed by atoms with Crippen molar-refractivity contribution in [3.63, 3.8) is 0 Å². The molecule has 1 fully saturated rings. The van der Waals surface area contributed by atoms with E-state index in [0.717, 1.165) is 51.4 Å². The quantitative estimate of drug-likeness (QED) is 0.0196. The molecule has 0 aromatic carbocycles. The molecular formula is C54H100O12S. The smallest absolute Gasteiger partial charge is 0.306 e. The first-order chi connectivity index (χ1) is 32.5. The number of allylic oxidation sites excluding steroid dienone is 4. The molecule has 0 aromatic rings. The third-order valence-corrected chi connectivity index (χ3v) is 13.5. The van der Waals surface area contributed by atoms with Crippen molar-refractivity contribution < 1.29 is 56.8 Å². The molecule has 4 N–H and O–H groups in total. The maximum atomic E-state index is 12.9. The topological polar surface area (TPSA) is 186 Å². The second-order valence-electron chi connectivity index (χ2n) is 19.3.